The monoisotopic (exact) mass is 768 g/mol. The molecule has 2 aliphatic heterocycles. The molecule has 0 radical (unpaired) electrons. The third kappa shape index (κ3) is 10.3. The summed E-state index contributed by atoms with van der Waals surface area (Å²) in [6, 6.07) is 30.1. The molecule has 0 saturated heterocycles. The van der Waals surface area contributed by atoms with E-state index in [4.69, 9.17) is 11.5 Å². The minimum absolute atomic E-state index is 0.0416. The lowest BCUT2D eigenvalue weighted by atomic mass is 9.96. The molecule has 2 aliphatic rings. The van der Waals surface area contributed by atoms with Crippen LogP contribution in [0.2, 0.25) is 0 Å². The molecule has 0 fully saturated rings. The van der Waals surface area contributed by atoms with Crippen molar-refractivity contribution in [3.8, 4) is 12.1 Å². The van der Waals surface area contributed by atoms with Crippen LogP contribution in [0.15, 0.2) is 105 Å². The van der Waals surface area contributed by atoms with E-state index in [-0.39, 0.29) is 41.7 Å². The Hall–Kier alpha value is -6.62. The molecule has 0 bridgehead atoms. The van der Waals surface area contributed by atoms with E-state index in [1.165, 1.54) is 23.5 Å². The van der Waals surface area contributed by atoms with Crippen molar-refractivity contribution in [2.24, 2.45) is 31.4 Å². The fourth-order valence-electron chi connectivity index (χ4n) is 5.69. The average molecular weight is 769 g/mol. The molecule has 4 aromatic carbocycles. The van der Waals surface area contributed by atoms with E-state index in [0.717, 1.165) is 22.3 Å². The second-order valence-electron chi connectivity index (χ2n) is 12.5. The molecule has 0 saturated carbocycles. The Morgan fingerprint density at radius 3 is 1.51 bits per heavy atom. The molecule has 0 aromatic heterocycles. The summed E-state index contributed by atoms with van der Waals surface area (Å²) in [5, 5.41) is 32.3. The van der Waals surface area contributed by atoms with E-state index in [0.29, 0.717) is 44.0 Å². The standard InChI is InChI=1S/C39H36N12O2S2/c1-22-5-3-7-26(13-22)34-46-36(42)50-38(48-34)54-20-32(52)44-30-11-9-24(28(16-30)18-40)15-25-10-12-31(17-29(25)19-41)45-33(53)21-55-39-49-35(47-37(43)51-39)27-8-4-6-23(2)14-27/h3-14,16-17,34-35H,15,20-21H2,1-2H3,(H,44,52)(H,45,53)(H3,42,46,48,50)(H3,43,47,49,51)/t34-,35-/m0/s1. The van der Waals surface area contributed by atoms with Crippen molar-refractivity contribution in [2.45, 2.75) is 32.6 Å². The highest BCUT2D eigenvalue weighted by Gasteiger charge is 2.20. The Balaban J connectivity index is 1.03. The number of hydrogen-bond donors (Lipinski definition) is 6. The zero-order valence-electron chi connectivity index (χ0n) is 29.8. The first-order valence-corrected chi connectivity index (χ1v) is 18.9. The summed E-state index contributed by atoms with van der Waals surface area (Å²) < 4.78 is 0. The molecule has 0 unspecified atom stereocenters. The van der Waals surface area contributed by atoms with Crippen LogP contribution in [0.1, 0.15) is 56.8 Å². The molecule has 14 nitrogen and oxygen atoms in total. The van der Waals surface area contributed by atoms with E-state index in [1.54, 1.807) is 36.4 Å². The van der Waals surface area contributed by atoms with Crippen molar-refractivity contribution in [3.05, 3.63) is 129 Å². The highest BCUT2D eigenvalue weighted by molar-refractivity contribution is 8.14. The number of carbonyl (C=O) groups excluding carboxylic acids is 2. The summed E-state index contributed by atoms with van der Waals surface area (Å²) in [7, 11) is 0. The van der Waals surface area contributed by atoms with E-state index in [2.05, 4.69) is 53.4 Å². The molecule has 0 aliphatic carbocycles. The highest BCUT2D eigenvalue weighted by atomic mass is 32.2. The largest absolute Gasteiger partial charge is 0.370 e. The first-order valence-electron chi connectivity index (χ1n) is 17.0. The molecular formula is C39H36N12O2S2. The molecule has 16 heteroatoms. The topological polar surface area (TPSA) is 231 Å². The van der Waals surface area contributed by atoms with Crippen molar-refractivity contribution in [1.29, 1.82) is 10.5 Å². The fourth-order valence-corrected chi connectivity index (χ4v) is 7.07. The number of amides is 2. The Bertz CT molecular complexity index is 2200. The summed E-state index contributed by atoms with van der Waals surface area (Å²) in [6.45, 7) is 3.97. The lowest BCUT2D eigenvalue weighted by molar-refractivity contribution is -0.114. The van der Waals surface area contributed by atoms with Crippen molar-refractivity contribution in [2.75, 3.05) is 22.1 Å². The van der Waals surface area contributed by atoms with Crippen molar-refractivity contribution in [1.82, 2.24) is 10.6 Å². The third-order valence-corrected chi connectivity index (χ3v) is 10.0. The number of nitrogens with one attached hydrogen (secondary N) is 4. The van der Waals surface area contributed by atoms with E-state index < -0.39 is 12.3 Å². The fraction of sp³-hybridized carbons (Fsp3) is 0.179. The zero-order valence-corrected chi connectivity index (χ0v) is 31.5. The maximum absolute atomic E-state index is 12.9. The Morgan fingerprint density at radius 1 is 0.673 bits per heavy atom. The predicted octanol–water partition coefficient (Wildman–Crippen LogP) is 4.93. The highest BCUT2D eigenvalue weighted by Crippen LogP contribution is 2.27. The van der Waals surface area contributed by atoms with E-state index >= 15 is 0 Å². The van der Waals surface area contributed by atoms with Crippen LogP contribution in [0.25, 0.3) is 0 Å². The van der Waals surface area contributed by atoms with Gasteiger partial charge in [-0.05, 0) is 60.4 Å². The van der Waals surface area contributed by atoms with Gasteiger partial charge in [0.25, 0.3) is 0 Å². The van der Waals surface area contributed by atoms with Crippen LogP contribution in [-0.2, 0) is 16.0 Å². The van der Waals surface area contributed by atoms with Gasteiger partial charge in [0, 0.05) is 17.8 Å². The van der Waals surface area contributed by atoms with Gasteiger partial charge in [-0.25, -0.2) is 20.0 Å². The molecule has 4 aromatic rings. The number of rotatable bonds is 10. The van der Waals surface area contributed by atoms with Gasteiger partial charge in [0.15, 0.2) is 34.6 Å². The van der Waals surface area contributed by atoms with Crippen molar-refractivity contribution in [3.63, 3.8) is 0 Å². The first-order chi connectivity index (χ1) is 26.5. The third-order valence-electron chi connectivity index (χ3n) is 8.24. The minimum atomic E-state index is -0.506. The molecule has 6 rings (SSSR count). The molecule has 276 valence electrons. The number of nitrogens with zero attached hydrogens (tertiary/aromatic N) is 6. The SMILES string of the molecule is Cc1cccc([C@H]2N=C(N)NC(SCC(=O)Nc3ccc(Cc4ccc(NC(=O)CSC5=N[C@@H](c6cccc(C)c6)N=C(N)N5)cc4C#N)c(C#N)c3)=N2)c1. The lowest BCUT2D eigenvalue weighted by Gasteiger charge is -2.19. The quantitative estimate of drug-likeness (QED) is 0.127. The smallest absolute Gasteiger partial charge is 0.234 e. The van der Waals surface area contributed by atoms with Crippen LogP contribution in [0.4, 0.5) is 11.4 Å². The number of aliphatic imine (C=N–C) groups is 4. The molecule has 2 heterocycles. The average Bonchev–Trinajstić information content (AvgIpc) is 3.17. The van der Waals surface area contributed by atoms with Gasteiger partial charge in [0.2, 0.25) is 11.8 Å². The molecular weight excluding hydrogens is 733 g/mol. The number of carbonyl (C=O) groups is 2. The van der Waals surface area contributed by atoms with Gasteiger partial charge in [0.05, 0.1) is 34.8 Å². The maximum atomic E-state index is 12.9. The molecule has 2 amide bonds. The van der Waals surface area contributed by atoms with Crippen molar-refractivity contribution < 1.29 is 9.59 Å². The summed E-state index contributed by atoms with van der Waals surface area (Å²) >= 11 is 2.38. The van der Waals surface area contributed by atoms with Crippen LogP contribution in [0, 0.1) is 36.5 Å². The van der Waals surface area contributed by atoms with Gasteiger partial charge in [-0.3, -0.25) is 9.59 Å². The number of guanidine groups is 2. The number of anilines is 2. The second-order valence-corrected chi connectivity index (χ2v) is 14.5. The van der Waals surface area contributed by atoms with Crippen LogP contribution in [0.3, 0.4) is 0 Å². The normalized spacial score (nSPS) is 16.1. The number of thioether (sulfide) groups is 2. The van der Waals surface area contributed by atoms with Crippen LogP contribution in [-0.4, -0.2) is 45.6 Å². The summed E-state index contributed by atoms with van der Waals surface area (Å²) in [5.74, 6) is -0.0837. The van der Waals surface area contributed by atoms with Crippen LogP contribution < -0.4 is 32.7 Å². The Morgan fingerprint density at radius 2 is 1.11 bits per heavy atom. The van der Waals surface area contributed by atoms with Gasteiger partial charge < -0.3 is 32.7 Å². The number of nitriles is 2. The van der Waals surface area contributed by atoms with Gasteiger partial charge in [-0.2, -0.15) is 10.5 Å². The number of amidine groups is 2. The van der Waals surface area contributed by atoms with E-state index in [1.807, 2.05) is 62.4 Å². The van der Waals surface area contributed by atoms with Gasteiger partial charge in [-0.15, -0.1) is 0 Å². The van der Waals surface area contributed by atoms with Crippen molar-refractivity contribution >= 4 is 69.0 Å². The maximum Gasteiger partial charge on any atom is 0.234 e. The number of benzene rings is 4. The number of nitrogens with two attached hydrogens (primary N) is 2. The minimum Gasteiger partial charge on any atom is -0.370 e. The second kappa shape index (κ2) is 17.5. The molecule has 8 N–H and O–H groups in total. The molecule has 2 atom stereocenters. The lowest BCUT2D eigenvalue weighted by Crippen LogP contribution is -2.39. The van der Waals surface area contributed by atoms with Crippen LogP contribution >= 0.6 is 23.5 Å². The summed E-state index contributed by atoms with van der Waals surface area (Å²) in [5.41, 5.74) is 18.9. The summed E-state index contributed by atoms with van der Waals surface area (Å²) in [6.07, 6.45) is -0.728. The zero-order chi connectivity index (χ0) is 38.9. The summed E-state index contributed by atoms with van der Waals surface area (Å²) in [4.78, 5) is 43.6. The molecule has 55 heavy (non-hydrogen) atoms. The van der Waals surface area contributed by atoms with E-state index in [9.17, 15) is 20.1 Å². The van der Waals surface area contributed by atoms with Crippen LogP contribution in [0.5, 0.6) is 0 Å². The first kappa shape index (κ1) is 38.1. The Labute approximate surface area is 326 Å². The van der Waals surface area contributed by atoms with Gasteiger partial charge in [0.1, 0.15) is 0 Å². The number of hydrogen-bond acceptors (Lipinski definition) is 14. The Kier molecular flexibility index (Phi) is 12.1. The molecule has 0 spiro atoms. The predicted molar refractivity (Wildman–Crippen MR) is 220 cm³/mol. The number of aryl methyl sites for hydroxylation is 2. The van der Waals surface area contributed by atoms with Gasteiger partial charge >= 0.3 is 0 Å². The van der Waals surface area contributed by atoms with Gasteiger partial charge in [-0.1, -0.05) is 95.3 Å².